The highest BCUT2D eigenvalue weighted by Gasteiger charge is 2.18. The van der Waals surface area contributed by atoms with Gasteiger partial charge in [-0.1, -0.05) is 60.4 Å². The van der Waals surface area contributed by atoms with Crippen LogP contribution in [0.25, 0.3) is 11.1 Å². The van der Waals surface area contributed by atoms with Crippen molar-refractivity contribution in [3.05, 3.63) is 89.5 Å². The lowest BCUT2D eigenvalue weighted by molar-refractivity contribution is 0.577. The summed E-state index contributed by atoms with van der Waals surface area (Å²) in [6.45, 7) is 2.00. The zero-order chi connectivity index (χ0) is 19.2. The van der Waals surface area contributed by atoms with Crippen molar-refractivity contribution in [3.63, 3.8) is 0 Å². The lowest BCUT2D eigenvalue weighted by Gasteiger charge is -2.30. The predicted molar refractivity (Wildman–Crippen MR) is 115 cm³/mol. The molecule has 1 aliphatic rings. The summed E-state index contributed by atoms with van der Waals surface area (Å²) in [6, 6.07) is 26.9. The van der Waals surface area contributed by atoms with Gasteiger partial charge in [0.25, 0.3) is 0 Å². The highest BCUT2D eigenvalue weighted by Crippen LogP contribution is 2.32. The maximum absolute atomic E-state index is 9.94. The molecule has 0 saturated carbocycles. The number of anilines is 1. The van der Waals surface area contributed by atoms with Crippen LogP contribution in [0.2, 0.25) is 0 Å². The summed E-state index contributed by atoms with van der Waals surface area (Å²) in [5.74, 6) is 6.50. The van der Waals surface area contributed by atoms with E-state index in [-0.39, 0.29) is 0 Å². The minimum absolute atomic E-state index is 0.685. The Morgan fingerprint density at radius 1 is 0.714 bits per heavy atom. The summed E-state index contributed by atoms with van der Waals surface area (Å²) in [4.78, 5) is 2.35. The van der Waals surface area contributed by atoms with E-state index in [1.54, 1.807) is 0 Å². The number of benzene rings is 3. The third-order valence-corrected chi connectivity index (χ3v) is 5.15. The minimum atomic E-state index is 0.685. The first kappa shape index (κ1) is 17.9. The van der Waals surface area contributed by atoms with Crippen LogP contribution >= 0.6 is 0 Å². The van der Waals surface area contributed by atoms with E-state index in [2.05, 4.69) is 47.1 Å². The van der Waals surface area contributed by atoms with E-state index in [9.17, 15) is 5.26 Å². The maximum atomic E-state index is 9.94. The Labute approximate surface area is 167 Å². The normalized spacial score (nSPS) is 13.3. The summed E-state index contributed by atoms with van der Waals surface area (Å²) in [5.41, 5.74) is 5.71. The van der Waals surface area contributed by atoms with Gasteiger partial charge in [0.2, 0.25) is 0 Å². The molecule has 0 N–H and O–H groups in total. The van der Waals surface area contributed by atoms with Crippen LogP contribution in [0, 0.1) is 23.2 Å². The Kier molecular flexibility index (Phi) is 5.41. The molecule has 2 heteroatoms. The SMILES string of the molecule is N#Cc1c(C#Cc2ccccc2)cc(-c2ccccc2)cc1N1CCCCC1. The quantitative estimate of drug-likeness (QED) is 0.554. The van der Waals surface area contributed by atoms with Crippen molar-refractivity contribution in [1.29, 1.82) is 5.26 Å². The van der Waals surface area contributed by atoms with Crippen molar-refractivity contribution in [2.75, 3.05) is 18.0 Å². The molecule has 3 aromatic rings. The van der Waals surface area contributed by atoms with Crippen molar-refractivity contribution in [3.8, 4) is 29.0 Å². The van der Waals surface area contributed by atoms with Gasteiger partial charge < -0.3 is 4.90 Å². The van der Waals surface area contributed by atoms with Crippen LogP contribution in [0.3, 0.4) is 0 Å². The molecule has 1 saturated heterocycles. The number of nitrogens with zero attached hydrogens (tertiary/aromatic N) is 2. The van der Waals surface area contributed by atoms with Gasteiger partial charge in [-0.3, -0.25) is 0 Å². The lowest BCUT2D eigenvalue weighted by atomic mass is 9.96. The molecule has 1 aliphatic heterocycles. The van der Waals surface area contributed by atoms with Crippen molar-refractivity contribution >= 4 is 5.69 Å². The molecule has 0 atom stereocenters. The van der Waals surface area contributed by atoms with E-state index >= 15 is 0 Å². The first-order chi connectivity index (χ1) is 13.8. The van der Waals surface area contributed by atoms with Gasteiger partial charge >= 0.3 is 0 Å². The molecular formula is C26H22N2. The third-order valence-electron chi connectivity index (χ3n) is 5.15. The van der Waals surface area contributed by atoms with E-state index in [4.69, 9.17) is 0 Å². The van der Waals surface area contributed by atoms with Crippen LogP contribution < -0.4 is 4.90 Å². The Morgan fingerprint density at radius 2 is 1.39 bits per heavy atom. The molecule has 0 bridgehead atoms. The zero-order valence-corrected chi connectivity index (χ0v) is 15.9. The van der Waals surface area contributed by atoms with Crippen LogP contribution in [0.4, 0.5) is 5.69 Å². The zero-order valence-electron chi connectivity index (χ0n) is 15.9. The van der Waals surface area contributed by atoms with Gasteiger partial charge in [-0.05, 0) is 54.7 Å². The first-order valence-corrected chi connectivity index (χ1v) is 9.81. The first-order valence-electron chi connectivity index (χ1n) is 9.81. The Balaban J connectivity index is 1.85. The van der Waals surface area contributed by atoms with Gasteiger partial charge in [-0.15, -0.1) is 0 Å². The third kappa shape index (κ3) is 3.93. The monoisotopic (exact) mass is 362 g/mol. The van der Waals surface area contributed by atoms with E-state index in [1.165, 1.54) is 19.3 Å². The molecular weight excluding hydrogens is 340 g/mol. The summed E-state index contributed by atoms with van der Waals surface area (Å²) in [5, 5.41) is 9.94. The molecule has 3 aromatic carbocycles. The van der Waals surface area contributed by atoms with Crippen LogP contribution in [-0.2, 0) is 0 Å². The van der Waals surface area contributed by atoms with E-state index in [0.717, 1.165) is 41.0 Å². The number of hydrogen-bond acceptors (Lipinski definition) is 2. The van der Waals surface area contributed by atoms with Crippen molar-refractivity contribution in [2.24, 2.45) is 0 Å². The number of piperidine rings is 1. The van der Waals surface area contributed by atoms with Gasteiger partial charge in [0.05, 0.1) is 11.3 Å². The second-order valence-corrected chi connectivity index (χ2v) is 7.06. The van der Waals surface area contributed by atoms with Crippen LogP contribution in [0.15, 0.2) is 72.8 Å². The number of nitriles is 1. The molecule has 4 rings (SSSR count). The molecule has 2 nitrogen and oxygen atoms in total. The summed E-state index contributed by atoms with van der Waals surface area (Å²) in [7, 11) is 0. The van der Waals surface area contributed by atoms with Crippen LogP contribution in [0.1, 0.15) is 36.0 Å². The van der Waals surface area contributed by atoms with Gasteiger partial charge in [-0.25, -0.2) is 0 Å². The van der Waals surface area contributed by atoms with Crippen molar-refractivity contribution in [1.82, 2.24) is 0 Å². The highest BCUT2D eigenvalue weighted by molar-refractivity contribution is 5.77. The predicted octanol–water partition coefficient (Wildman–Crippen LogP) is 5.62. The molecule has 0 spiro atoms. The smallest absolute Gasteiger partial charge is 0.103 e. The molecule has 1 heterocycles. The fourth-order valence-corrected chi connectivity index (χ4v) is 3.69. The molecule has 1 fully saturated rings. The van der Waals surface area contributed by atoms with E-state index < -0.39 is 0 Å². The lowest BCUT2D eigenvalue weighted by Crippen LogP contribution is -2.30. The average Bonchev–Trinajstić information content (AvgIpc) is 2.79. The topological polar surface area (TPSA) is 27.0 Å². The van der Waals surface area contributed by atoms with Crippen molar-refractivity contribution in [2.45, 2.75) is 19.3 Å². The molecule has 0 amide bonds. The van der Waals surface area contributed by atoms with Gasteiger partial charge in [0.15, 0.2) is 0 Å². The number of rotatable bonds is 2. The van der Waals surface area contributed by atoms with Gasteiger partial charge in [0, 0.05) is 24.2 Å². The summed E-state index contributed by atoms with van der Waals surface area (Å²) < 4.78 is 0. The number of hydrogen-bond donors (Lipinski definition) is 0. The van der Waals surface area contributed by atoms with Gasteiger partial charge in [0.1, 0.15) is 6.07 Å². The Hall–Kier alpha value is -3.49. The molecule has 28 heavy (non-hydrogen) atoms. The second kappa shape index (κ2) is 8.47. The highest BCUT2D eigenvalue weighted by atomic mass is 15.1. The van der Waals surface area contributed by atoms with Gasteiger partial charge in [-0.2, -0.15) is 5.26 Å². The van der Waals surface area contributed by atoms with E-state index in [0.29, 0.717) is 5.56 Å². The molecule has 0 unspecified atom stereocenters. The molecule has 0 aliphatic carbocycles. The fourth-order valence-electron chi connectivity index (χ4n) is 3.69. The Bertz CT molecular complexity index is 1040. The van der Waals surface area contributed by atoms with Crippen molar-refractivity contribution < 1.29 is 0 Å². The molecule has 0 aromatic heterocycles. The second-order valence-electron chi connectivity index (χ2n) is 7.06. The largest absolute Gasteiger partial charge is 0.370 e. The minimum Gasteiger partial charge on any atom is -0.370 e. The fraction of sp³-hybridized carbons (Fsp3) is 0.192. The summed E-state index contributed by atoms with van der Waals surface area (Å²) in [6.07, 6.45) is 3.61. The molecule has 0 radical (unpaired) electrons. The van der Waals surface area contributed by atoms with Crippen LogP contribution in [0.5, 0.6) is 0 Å². The average molecular weight is 362 g/mol. The summed E-state index contributed by atoms with van der Waals surface area (Å²) >= 11 is 0. The molecule has 136 valence electrons. The maximum Gasteiger partial charge on any atom is 0.103 e. The van der Waals surface area contributed by atoms with E-state index in [1.807, 2.05) is 48.5 Å². The Morgan fingerprint density at radius 3 is 2.07 bits per heavy atom. The van der Waals surface area contributed by atoms with Crippen LogP contribution in [-0.4, -0.2) is 13.1 Å². The standard InChI is InChI=1S/C26H22N2/c27-20-25-23(15-14-21-10-4-1-5-11-21)18-24(22-12-6-2-7-13-22)19-26(25)28-16-8-3-9-17-28/h1-2,4-7,10-13,18-19H,3,8-9,16-17H2.